The van der Waals surface area contributed by atoms with Crippen LogP contribution in [0.2, 0.25) is 5.15 Å². The zero-order chi connectivity index (χ0) is 13.5. The third-order valence-corrected chi connectivity index (χ3v) is 3.78. The van der Waals surface area contributed by atoms with Crippen LogP contribution in [0.15, 0.2) is 42.7 Å². The van der Waals surface area contributed by atoms with Crippen molar-refractivity contribution >= 4 is 34.1 Å². The van der Waals surface area contributed by atoms with Crippen molar-refractivity contribution in [2.75, 3.05) is 11.4 Å². The van der Waals surface area contributed by atoms with Gasteiger partial charge < -0.3 is 4.90 Å². The maximum atomic E-state index is 6.01. The van der Waals surface area contributed by atoms with Gasteiger partial charge in [-0.05, 0) is 30.2 Å². The molecule has 0 fully saturated rings. The minimum absolute atomic E-state index is 0.459. The van der Waals surface area contributed by atoms with E-state index in [0.717, 1.165) is 29.8 Å². The third kappa shape index (κ3) is 1.72. The molecule has 3 heterocycles. The van der Waals surface area contributed by atoms with E-state index in [1.165, 1.54) is 11.3 Å². The lowest BCUT2D eigenvalue weighted by Crippen LogP contribution is -2.15. The Morgan fingerprint density at radius 3 is 2.90 bits per heavy atom. The number of hydrogen-bond donors (Lipinski definition) is 0. The average Bonchev–Trinajstić information content (AvgIpc) is 2.90. The first-order valence-corrected chi connectivity index (χ1v) is 6.83. The summed E-state index contributed by atoms with van der Waals surface area (Å²) in [6, 6.07) is 12.0. The van der Waals surface area contributed by atoms with E-state index in [1.807, 2.05) is 12.1 Å². The lowest BCUT2D eigenvalue weighted by Gasteiger charge is -2.19. The molecular formula is C15H11ClN4. The molecule has 2 aromatic heterocycles. The van der Waals surface area contributed by atoms with E-state index >= 15 is 0 Å². The number of pyridine rings is 1. The number of para-hydroxylation sites is 1. The highest BCUT2D eigenvalue weighted by Crippen LogP contribution is 2.35. The molecule has 0 amide bonds. The Balaban J connectivity index is 1.94. The highest BCUT2D eigenvalue weighted by Gasteiger charge is 2.23. The molecule has 0 spiro atoms. The van der Waals surface area contributed by atoms with Crippen LogP contribution in [0, 0.1) is 0 Å². The normalized spacial score (nSPS) is 13.8. The summed E-state index contributed by atoms with van der Waals surface area (Å²) in [5.41, 5.74) is 4.08. The van der Waals surface area contributed by atoms with E-state index in [9.17, 15) is 0 Å². The highest BCUT2D eigenvalue weighted by atomic mass is 35.5. The number of benzene rings is 1. The molecule has 0 aliphatic carbocycles. The molecule has 20 heavy (non-hydrogen) atoms. The van der Waals surface area contributed by atoms with Crippen LogP contribution in [0.25, 0.3) is 11.0 Å². The van der Waals surface area contributed by atoms with Crippen LogP contribution in [0.4, 0.5) is 11.5 Å². The lowest BCUT2D eigenvalue weighted by atomic mass is 10.2. The summed E-state index contributed by atoms with van der Waals surface area (Å²) < 4.78 is 0. The number of aromatic nitrogens is 3. The largest absolute Gasteiger partial charge is 0.324 e. The molecule has 4 nitrogen and oxygen atoms in total. The van der Waals surface area contributed by atoms with E-state index in [0.29, 0.717) is 5.15 Å². The second-order valence-electron chi connectivity index (χ2n) is 4.73. The van der Waals surface area contributed by atoms with Gasteiger partial charge in [-0.3, -0.25) is 0 Å². The average molecular weight is 283 g/mol. The van der Waals surface area contributed by atoms with E-state index in [1.54, 1.807) is 12.4 Å². The number of fused-ring (bicyclic) bond motifs is 2. The fourth-order valence-electron chi connectivity index (χ4n) is 2.66. The van der Waals surface area contributed by atoms with Crippen LogP contribution in [0.3, 0.4) is 0 Å². The van der Waals surface area contributed by atoms with E-state index in [2.05, 4.69) is 38.1 Å². The van der Waals surface area contributed by atoms with E-state index < -0.39 is 0 Å². The van der Waals surface area contributed by atoms with Gasteiger partial charge in [0.25, 0.3) is 0 Å². The molecule has 0 unspecified atom stereocenters. The molecule has 0 N–H and O–H groups in total. The van der Waals surface area contributed by atoms with Crippen LogP contribution in [0.5, 0.6) is 0 Å². The first kappa shape index (κ1) is 11.6. The van der Waals surface area contributed by atoms with Crippen LogP contribution < -0.4 is 4.90 Å². The second kappa shape index (κ2) is 4.42. The maximum Gasteiger partial charge on any atom is 0.163 e. The summed E-state index contributed by atoms with van der Waals surface area (Å²) in [6.07, 6.45) is 2.59. The summed E-state index contributed by atoms with van der Waals surface area (Å²) in [5.74, 6) is 0.822. The lowest BCUT2D eigenvalue weighted by molar-refractivity contribution is 0.971. The quantitative estimate of drug-likeness (QED) is 0.642. The van der Waals surface area contributed by atoms with Gasteiger partial charge in [0.05, 0.1) is 5.52 Å². The molecule has 0 saturated carbocycles. The zero-order valence-electron chi connectivity index (χ0n) is 10.6. The first-order chi connectivity index (χ1) is 9.83. The van der Waals surface area contributed by atoms with Crippen molar-refractivity contribution in [3.05, 3.63) is 53.4 Å². The topological polar surface area (TPSA) is 41.9 Å². The number of anilines is 2. The first-order valence-electron chi connectivity index (χ1n) is 6.45. The number of hydrogen-bond acceptors (Lipinski definition) is 4. The van der Waals surface area contributed by atoms with Gasteiger partial charge in [-0.1, -0.05) is 29.8 Å². The van der Waals surface area contributed by atoms with Crippen LogP contribution >= 0.6 is 11.6 Å². The molecule has 4 rings (SSSR count). The molecule has 0 bridgehead atoms. The van der Waals surface area contributed by atoms with Crippen molar-refractivity contribution in [3.63, 3.8) is 0 Å². The van der Waals surface area contributed by atoms with Gasteiger partial charge in [-0.25, -0.2) is 15.0 Å². The Bertz CT molecular complexity index is 803. The Kier molecular flexibility index (Phi) is 2.57. The summed E-state index contributed by atoms with van der Waals surface area (Å²) in [7, 11) is 0. The SMILES string of the molecule is Clc1ccc2ncnc(N3CCc4ccccc43)c2n1. The Labute approximate surface area is 121 Å². The monoisotopic (exact) mass is 282 g/mol. The van der Waals surface area contributed by atoms with Crippen molar-refractivity contribution in [3.8, 4) is 0 Å². The van der Waals surface area contributed by atoms with Crippen molar-refractivity contribution in [2.24, 2.45) is 0 Å². The highest BCUT2D eigenvalue weighted by molar-refractivity contribution is 6.29. The molecule has 0 saturated heterocycles. The summed E-state index contributed by atoms with van der Waals surface area (Å²) in [4.78, 5) is 15.2. The number of rotatable bonds is 1. The Hall–Kier alpha value is -2.20. The van der Waals surface area contributed by atoms with Crippen molar-refractivity contribution in [1.82, 2.24) is 15.0 Å². The number of halogens is 1. The van der Waals surface area contributed by atoms with Gasteiger partial charge >= 0.3 is 0 Å². The van der Waals surface area contributed by atoms with Gasteiger partial charge in [0.2, 0.25) is 0 Å². The molecule has 5 heteroatoms. The molecule has 98 valence electrons. The minimum atomic E-state index is 0.459. The van der Waals surface area contributed by atoms with Gasteiger partial charge in [0.15, 0.2) is 5.82 Å². The predicted octanol–water partition coefficient (Wildman–Crippen LogP) is 3.37. The van der Waals surface area contributed by atoms with Crippen LogP contribution in [0.1, 0.15) is 5.56 Å². The van der Waals surface area contributed by atoms with Crippen molar-refractivity contribution < 1.29 is 0 Å². The number of nitrogens with zero attached hydrogens (tertiary/aromatic N) is 4. The van der Waals surface area contributed by atoms with E-state index in [-0.39, 0.29) is 0 Å². The summed E-state index contributed by atoms with van der Waals surface area (Å²) >= 11 is 6.01. The summed E-state index contributed by atoms with van der Waals surface area (Å²) in [6.45, 7) is 0.902. The zero-order valence-corrected chi connectivity index (χ0v) is 11.4. The summed E-state index contributed by atoms with van der Waals surface area (Å²) in [5, 5.41) is 0.459. The molecule has 1 aliphatic heterocycles. The fourth-order valence-corrected chi connectivity index (χ4v) is 2.81. The van der Waals surface area contributed by atoms with Gasteiger partial charge in [0.1, 0.15) is 17.0 Å². The standard InChI is InChI=1S/C15H11ClN4/c16-13-6-5-11-14(19-13)15(18-9-17-11)20-8-7-10-3-1-2-4-12(10)20/h1-6,9H,7-8H2. The van der Waals surface area contributed by atoms with Gasteiger partial charge in [-0.2, -0.15) is 0 Å². The molecule has 0 radical (unpaired) electrons. The Morgan fingerprint density at radius 2 is 1.95 bits per heavy atom. The van der Waals surface area contributed by atoms with Crippen LogP contribution in [-0.2, 0) is 6.42 Å². The third-order valence-electron chi connectivity index (χ3n) is 3.57. The molecule has 3 aromatic rings. The molecule has 1 aliphatic rings. The van der Waals surface area contributed by atoms with E-state index in [4.69, 9.17) is 11.6 Å². The van der Waals surface area contributed by atoms with Gasteiger partial charge in [0, 0.05) is 12.2 Å². The smallest absolute Gasteiger partial charge is 0.163 e. The molecule has 1 aromatic carbocycles. The van der Waals surface area contributed by atoms with Crippen molar-refractivity contribution in [2.45, 2.75) is 6.42 Å². The van der Waals surface area contributed by atoms with Crippen molar-refractivity contribution in [1.29, 1.82) is 0 Å². The van der Waals surface area contributed by atoms with Gasteiger partial charge in [-0.15, -0.1) is 0 Å². The van der Waals surface area contributed by atoms with Crippen LogP contribution in [-0.4, -0.2) is 21.5 Å². The predicted molar refractivity (Wildman–Crippen MR) is 79.5 cm³/mol. The Morgan fingerprint density at radius 1 is 1.05 bits per heavy atom. The maximum absolute atomic E-state index is 6.01. The molecule has 0 atom stereocenters. The minimum Gasteiger partial charge on any atom is -0.324 e. The fraction of sp³-hybridized carbons (Fsp3) is 0.133. The second-order valence-corrected chi connectivity index (χ2v) is 5.12. The molecular weight excluding hydrogens is 272 g/mol.